The van der Waals surface area contributed by atoms with Gasteiger partial charge in [-0.1, -0.05) is 12.1 Å². The van der Waals surface area contributed by atoms with Crippen LogP contribution in [0.3, 0.4) is 0 Å². The summed E-state index contributed by atoms with van der Waals surface area (Å²) in [5.41, 5.74) is 4.48. The fourth-order valence-electron chi connectivity index (χ4n) is 4.49. The number of halogens is 2. The highest BCUT2D eigenvalue weighted by molar-refractivity contribution is 5.95. The van der Waals surface area contributed by atoms with Crippen molar-refractivity contribution in [3.63, 3.8) is 0 Å². The topological polar surface area (TPSA) is 80.1 Å². The largest absolute Gasteiger partial charge is 0.335 e. The van der Waals surface area contributed by atoms with Crippen molar-refractivity contribution in [2.75, 3.05) is 11.9 Å². The van der Waals surface area contributed by atoms with Gasteiger partial charge in [-0.2, -0.15) is 5.10 Å². The molecule has 1 atom stereocenters. The van der Waals surface area contributed by atoms with Gasteiger partial charge in [-0.25, -0.2) is 13.8 Å². The predicted molar refractivity (Wildman–Crippen MR) is 135 cm³/mol. The first-order valence-electron chi connectivity index (χ1n) is 11.9. The number of benzene rings is 2. The minimum absolute atomic E-state index is 0.0285. The Balaban J connectivity index is 1.51. The van der Waals surface area contributed by atoms with Crippen molar-refractivity contribution >= 4 is 17.6 Å². The third-order valence-electron chi connectivity index (χ3n) is 6.61. The molecule has 3 heterocycles. The first kappa shape index (κ1) is 24.3. The van der Waals surface area contributed by atoms with Crippen molar-refractivity contribution in [2.45, 2.75) is 32.9 Å². The van der Waals surface area contributed by atoms with E-state index in [9.17, 15) is 18.4 Å². The van der Waals surface area contributed by atoms with Gasteiger partial charge in [0.15, 0.2) is 0 Å². The summed E-state index contributed by atoms with van der Waals surface area (Å²) in [6, 6.07) is 15.5. The average Bonchev–Trinajstić information content (AvgIpc) is 3.28. The lowest BCUT2D eigenvalue weighted by Gasteiger charge is -2.27. The van der Waals surface area contributed by atoms with Gasteiger partial charge in [0.1, 0.15) is 23.1 Å². The van der Waals surface area contributed by atoms with E-state index < -0.39 is 5.92 Å². The first-order chi connectivity index (χ1) is 17.8. The zero-order chi connectivity index (χ0) is 26.1. The number of fused-ring (bicyclic) bond motifs is 1. The molecule has 1 aliphatic rings. The molecule has 0 spiro atoms. The molecule has 0 aliphatic carbocycles. The Bertz CT molecular complexity index is 1470. The smallest absolute Gasteiger partial charge is 0.232 e. The van der Waals surface area contributed by atoms with Gasteiger partial charge in [-0.15, -0.1) is 0 Å². The normalized spacial score (nSPS) is 13.7. The van der Waals surface area contributed by atoms with Crippen molar-refractivity contribution in [3.05, 3.63) is 89.8 Å². The maximum Gasteiger partial charge on any atom is 0.232 e. The van der Waals surface area contributed by atoms with Crippen LogP contribution in [0.2, 0.25) is 0 Å². The molecular weight excluding hydrogens is 476 g/mol. The lowest BCUT2D eigenvalue weighted by molar-refractivity contribution is -0.130. The molecule has 0 saturated carbocycles. The Morgan fingerprint density at radius 2 is 1.62 bits per heavy atom. The van der Waals surface area contributed by atoms with Gasteiger partial charge in [-0.3, -0.25) is 14.3 Å². The fourth-order valence-corrected chi connectivity index (χ4v) is 4.49. The van der Waals surface area contributed by atoms with Gasteiger partial charge in [0.2, 0.25) is 11.8 Å². The van der Waals surface area contributed by atoms with Crippen LogP contribution in [0.4, 0.5) is 14.6 Å². The number of rotatable bonds is 5. The Morgan fingerprint density at radius 3 is 2.30 bits per heavy atom. The van der Waals surface area contributed by atoms with E-state index in [2.05, 4.69) is 10.3 Å². The molecule has 0 bridgehead atoms. The number of anilines is 1. The molecule has 9 heteroatoms. The molecule has 4 aromatic rings. The molecule has 37 heavy (non-hydrogen) atoms. The second kappa shape index (κ2) is 9.93. The molecule has 7 nitrogen and oxygen atoms in total. The summed E-state index contributed by atoms with van der Waals surface area (Å²) in [5.74, 6) is -1.19. The van der Waals surface area contributed by atoms with Crippen LogP contribution in [-0.2, 0) is 22.7 Å². The second-order valence-electron chi connectivity index (χ2n) is 9.03. The van der Waals surface area contributed by atoms with Crippen molar-refractivity contribution in [1.82, 2.24) is 19.7 Å². The van der Waals surface area contributed by atoms with Gasteiger partial charge < -0.3 is 10.2 Å². The summed E-state index contributed by atoms with van der Waals surface area (Å²) in [4.78, 5) is 31.1. The van der Waals surface area contributed by atoms with Gasteiger partial charge >= 0.3 is 0 Å². The van der Waals surface area contributed by atoms with E-state index in [1.54, 1.807) is 48.4 Å². The van der Waals surface area contributed by atoms with E-state index in [1.165, 1.54) is 31.2 Å². The number of hydrogen-bond acceptors (Lipinski definition) is 4. The maximum absolute atomic E-state index is 13.6. The van der Waals surface area contributed by atoms with Gasteiger partial charge in [-0.05, 0) is 66.6 Å². The first-order valence-corrected chi connectivity index (χ1v) is 11.9. The predicted octanol–water partition coefficient (Wildman–Crippen LogP) is 4.99. The molecule has 1 N–H and O–H groups in total. The standard InChI is InChI=1S/C28H25F2N5O2/c1-17(19-3-7-22(29)8-4-19)28(37)32-25-15-21(11-12-31-25)26-24-16-34(18(2)36)13-14-35(24)33-27(26)20-5-9-23(30)10-6-20/h3-12,15,17H,13-14,16H2,1-2H3,(H,31,32,37). The Hall–Kier alpha value is -4.40. The fraction of sp³-hybridized carbons (Fsp3) is 0.214. The molecule has 2 amide bonds. The van der Waals surface area contributed by atoms with Crippen LogP contribution in [0, 0.1) is 11.6 Å². The average molecular weight is 502 g/mol. The second-order valence-corrected chi connectivity index (χ2v) is 9.03. The molecular formula is C28H25F2N5O2. The summed E-state index contributed by atoms with van der Waals surface area (Å²) >= 11 is 0. The molecule has 0 saturated heterocycles. The van der Waals surface area contributed by atoms with E-state index in [1.807, 2.05) is 10.7 Å². The summed E-state index contributed by atoms with van der Waals surface area (Å²) < 4.78 is 28.8. The number of nitrogens with one attached hydrogen (secondary N) is 1. The Kier molecular flexibility index (Phi) is 6.52. The van der Waals surface area contributed by atoms with E-state index in [0.717, 1.165) is 22.4 Å². The number of carbonyl (C=O) groups excluding carboxylic acids is 2. The van der Waals surface area contributed by atoms with Crippen LogP contribution in [0.15, 0.2) is 66.9 Å². The highest BCUT2D eigenvalue weighted by Crippen LogP contribution is 2.37. The van der Waals surface area contributed by atoms with Gasteiger partial charge in [0, 0.05) is 30.8 Å². The zero-order valence-corrected chi connectivity index (χ0v) is 20.4. The summed E-state index contributed by atoms with van der Waals surface area (Å²) in [5, 5.41) is 7.65. The van der Waals surface area contributed by atoms with Crippen molar-refractivity contribution in [1.29, 1.82) is 0 Å². The Morgan fingerprint density at radius 1 is 0.946 bits per heavy atom. The third-order valence-corrected chi connectivity index (χ3v) is 6.61. The maximum atomic E-state index is 13.6. The van der Waals surface area contributed by atoms with Gasteiger partial charge in [0.05, 0.1) is 24.7 Å². The molecule has 188 valence electrons. The van der Waals surface area contributed by atoms with Gasteiger partial charge in [0.25, 0.3) is 0 Å². The summed E-state index contributed by atoms with van der Waals surface area (Å²) in [6.45, 7) is 4.74. The third kappa shape index (κ3) is 4.97. The van der Waals surface area contributed by atoms with Crippen LogP contribution in [-0.4, -0.2) is 38.0 Å². The SMILES string of the molecule is CC(=O)N1CCn2nc(-c3ccc(F)cc3)c(-c3ccnc(NC(=O)C(C)c4ccc(F)cc4)c3)c2C1. The number of aromatic nitrogens is 3. The van der Waals surface area contributed by atoms with Crippen molar-refractivity contribution in [3.8, 4) is 22.4 Å². The lowest BCUT2D eigenvalue weighted by atomic mass is 9.98. The Labute approximate surface area is 212 Å². The van der Waals surface area contributed by atoms with Crippen LogP contribution in [0.25, 0.3) is 22.4 Å². The van der Waals surface area contributed by atoms with Crippen LogP contribution < -0.4 is 5.32 Å². The van der Waals surface area contributed by atoms with E-state index in [-0.39, 0.29) is 23.4 Å². The monoisotopic (exact) mass is 501 g/mol. The van der Waals surface area contributed by atoms with E-state index in [4.69, 9.17) is 5.10 Å². The van der Waals surface area contributed by atoms with Crippen molar-refractivity contribution in [2.24, 2.45) is 0 Å². The van der Waals surface area contributed by atoms with Crippen LogP contribution >= 0.6 is 0 Å². The number of carbonyl (C=O) groups is 2. The highest BCUT2D eigenvalue weighted by atomic mass is 19.1. The zero-order valence-electron chi connectivity index (χ0n) is 20.4. The molecule has 2 aromatic heterocycles. The lowest BCUT2D eigenvalue weighted by Crippen LogP contribution is -2.37. The minimum atomic E-state index is -0.520. The molecule has 2 aromatic carbocycles. The minimum Gasteiger partial charge on any atom is -0.335 e. The molecule has 5 rings (SSSR count). The number of amides is 2. The molecule has 0 radical (unpaired) electrons. The summed E-state index contributed by atoms with van der Waals surface area (Å²) in [6.07, 6.45) is 1.59. The van der Waals surface area contributed by atoms with E-state index >= 15 is 0 Å². The number of nitrogens with zero attached hydrogens (tertiary/aromatic N) is 4. The molecule has 1 aliphatic heterocycles. The van der Waals surface area contributed by atoms with E-state index in [0.29, 0.717) is 36.7 Å². The molecule has 1 unspecified atom stereocenters. The molecule has 0 fully saturated rings. The highest BCUT2D eigenvalue weighted by Gasteiger charge is 2.27. The van der Waals surface area contributed by atoms with Crippen LogP contribution in [0.1, 0.15) is 31.0 Å². The number of pyridine rings is 1. The summed E-state index contributed by atoms with van der Waals surface area (Å²) in [7, 11) is 0. The number of hydrogen-bond donors (Lipinski definition) is 1. The quantitative estimate of drug-likeness (QED) is 0.418. The van der Waals surface area contributed by atoms with Crippen molar-refractivity contribution < 1.29 is 18.4 Å². The van der Waals surface area contributed by atoms with Crippen LogP contribution in [0.5, 0.6) is 0 Å².